The summed E-state index contributed by atoms with van der Waals surface area (Å²) < 4.78 is 0. The van der Waals surface area contributed by atoms with Crippen molar-refractivity contribution in [1.29, 1.82) is 0 Å². The Morgan fingerprint density at radius 2 is 1.58 bits per heavy atom. The first-order valence-electron chi connectivity index (χ1n) is 13.1. The average Bonchev–Trinajstić information content (AvgIpc) is 3.42. The highest BCUT2D eigenvalue weighted by Crippen LogP contribution is 2.69. The molecule has 0 saturated carbocycles. The summed E-state index contributed by atoms with van der Waals surface area (Å²) in [5.41, 5.74) is 6.80. The van der Waals surface area contributed by atoms with E-state index in [1.54, 1.807) is 5.57 Å². The molecular weight excluding hydrogens is 477 g/mol. The molecule has 0 amide bonds. The van der Waals surface area contributed by atoms with Gasteiger partial charge in [-0.05, 0) is 41.7 Å². The molecule has 1 spiro atoms. The molecule has 4 heterocycles. The van der Waals surface area contributed by atoms with Gasteiger partial charge in [0.25, 0.3) is 0 Å². The normalized spacial score (nSPS) is 39.1. The monoisotopic (exact) mass is 504 g/mol. The number of thioether (sulfide) groups is 2. The van der Waals surface area contributed by atoms with Crippen LogP contribution in [0.5, 0.6) is 0 Å². The third-order valence-corrected chi connectivity index (χ3v) is 11.8. The van der Waals surface area contributed by atoms with E-state index < -0.39 is 0 Å². The van der Waals surface area contributed by atoms with Gasteiger partial charge in [0, 0.05) is 73.7 Å². The maximum absolute atomic E-state index is 4.25. The molecule has 0 aromatic carbocycles. The topological polar surface area (TPSA) is 28.1 Å². The number of aromatic amines is 1. The molecule has 178 valence electrons. The summed E-state index contributed by atoms with van der Waals surface area (Å²) in [4.78, 5) is 9.22. The van der Waals surface area contributed by atoms with Crippen LogP contribution in [0.1, 0.15) is 18.5 Å². The highest BCUT2D eigenvalue weighted by atomic mass is 32.2. The number of hydrogen-bond acceptors (Lipinski definition) is 3. The van der Waals surface area contributed by atoms with Crippen LogP contribution in [0.4, 0.5) is 0 Å². The van der Waals surface area contributed by atoms with Gasteiger partial charge in [-0.25, -0.2) is 0 Å². The van der Waals surface area contributed by atoms with Crippen molar-refractivity contribution < 1.29 is 0 Å². The summed E-state index contributed by atoms with van der Waals surface area (Å²) in [5, 5.41) is 1.35. The molecule has 3 aliphatic heterocycles. The first kappa shape index (κ1) is 21.4. The molecule has 36 heavy (non-hydrogen) atoms. The summed E-state index contributed by atoms with van der Waals surface area (Å²) in [6, 6.07) is 4.29. The zero-order valence-corrected chi connectivity index (χ0v) is 21.6. The molecule has 8 rings (SSSR count). The van der Waals surface area contributed by atoms with Crippen LogP contribution < -0.4 is 0 Å². The molecule has 1 aromatic heterocycles. The van der Waals surface area contributed by atoms with E-state index >= 15 is 0 Å². The van der Waals surface area contributed by atoms with E-state index in [0.29, 0.717) is 33.5 Å². The predicted octanol–water partition coefficient (Wildman–Crippen LogP) is 7.60. The van der Waals surface area contributed by atoms with Crippen molar-refractivity contribution in [3.05, 3.63) is 125 Å². The minimum atomic E-state index is 0.0406. The van der Waals surface area contributed by atoms with E-state index in [9.17, 15) is 0 Å². The zero-order chi connectivity index (χ0) is 23.7. The van der Waals surface area contributed by atoms with Gasteiger partial charge in [0.05, 0.1) is 0 Å². The molecule has 7 atom stereocenters. The summed E-state index contributed by atoms with van der Waals surface area (Å²) in [7, 11) is 0. The van der Waals surface area contributed by atoms with Gasteiger partial charge in [0.15, 0.2) is 0 Å². The van der Waals surface area contributed by atoms with E-state index in [1.807, 2.05) is 18.6 Å². The smallest absolute Gasteiger partial charge is 0.0450 e. The minimum absolute atomic E-state index is 0.0406. The van der Waals surface area contributed by atoms with Crippen LogP contribution in [-0.4, -0.2) is 26.9 Å². The van der Waals surface area contributed by atoms with Crippen LogP contribution in [0, 0.1) is 23.2 Å². The number of H-pyrrole nitrogens is 1. The average molecular weight is 505 g/mol. The lowest BCUT2D eigenvalue weighted by Gasteiger charge is -2.62. The highest BCUT2D eigenvalue weighted by molar-refractivity contribution is 8.04. The van der Waals surface area contributed by atoms with Crippen molar-refractivity contribution in [2.24, 2.45) is 28.2 Å². The summed E-state index contributed by atoms with van der Waals surface area (Å²) >= 11 is 4.27. The molecule has 2 fully saturated rings. The lowest BCUT2D eigenvalue weighted by molar-refractivity contribution is 0.115. The number of rotatable bonds is 2. The van der Waals surface area contributed by atoms with Gasteiger partial charge in [0.1, 0.15) is 0 Å². The standard InChI is InChI=1S/C32H28N2S2/c1-3-9-28-23(6-1)32(24-7-2-4-10-29(24)35-28)25-13-11-20(22-18-33-19-22)16-30(25)36-31-17-21(12-14-26(31)32)27-8-5-15-34-27/h1,3,5-19,23,25-26,28,30-31,34H,2,4H2. The second-order valence-corrected chi connectivity index (χ2v) is 13.2. The Balaban J connectivity index is 1.33. The largest absolute Gasteiger partial charge is 0.361 e. The Morgan fingerprint density at radius 1 is 0.833 bits per heavy atom. The molecule has 1 N–H and O–H groups in total. The maximum atomic E-state index is 4.25. The molecule has 0 radical (unpaired) electrons. The Bertz CT molecular complexity index is 1420. The quantitative estimate of drug-likeness (QED) is 0.449. The molecule has 4 aliphatic carbocycles. The van der Waals surface area contributed by atoms with Crippen LogP contribution in [0.15, 0.2) is 124 Å². The zero-order valence-electron chi connectivity index (χ0n) is 20.0. The Hall–Kier alpha value is -2.69. The van der Waals surface area contributed by atoms with Gasteiger partial charge >= 0.3 is 0 Å². The molecular formula is C32H28N2S2. The SMILES string of the molecule is C1=CC2SC3=CCCC=C3C3(C2C=C1)C1C=CC(C2=CN=C2)=CC1SC1C=C(c2ccc[nH]2)C=CC13. The summed E-state index contributed by atoms with van der Waals surface area (Å²) in [6.07, 6.45) is 38.1. The first-order chi connectivity index (χ1) is 17.8. The molecule has 7 unspecified atom stereocenters. The first-order valence-corrected chi connectivity index (χ1v) is 14.9. The number of nitrogens with one attached hydrogen (secondary N) is 1. The van der Waals surface area contributed by atoms with E-state index in [2.05, 4.69) is 119 Å². The Kier molecular flexibility index (Phi) is 4.85. The number of aromatic nitrogens is 1. The Morgan fingerprint density at radius 3 is 2.36 bits per heavy atom. The van der Waals surface area contributed by atoms with E-state index in [4.69, 9.17) is 0 Å². The highest BCUT2D eigenvalue weighted by Gasteiger charge is 2.62. The van der Waals surface area contributed by atoms with E-state index in [1.165, 1.54) is 27.3 Å². The lowest BCUT2D eigenvalue weighted by Crippen LogP contribution is -2.58. The lowest BCUT2D eigenvalue weighted by atomic mass is 9.50. The molecule has 2 saturated heterocycles. The molecule has 4 heteroatoms. The van der Waals surface area contributed by atoms with Gasteiger partial charge in [-0.15, -0.1) is 23.5 Å². The van der Waals surface area contributed by atoms with Gasteiger partial charge in [-0.1, -0.05) is 72.9 Å². The van der Waals surface area contributed by atoms with Gasteiger partial charge in [0.2, 0.25) is 0 Å². The van der Waals surface area contributed by atoms with Gasteiger partial charge < -0.3 is 4.98 Å². The van der Waals surface area contributed by atoms with Crippen LogP contribution in [0.2, 0.25) is 0 Å². The fraction of sp³-hybridized carbons (Fsp3) is 0.281. The predicted molar refractivity (Wildman–Crippen MR) is 155 cm³/mol. The van der Waals surface area contributed by atoms with Crippen molar-refractivity contribution in [2.45, 2.75) is 28.6 Å². The van der Waals surface area contributed by atoms with E-state index in [0.717, 1.165) is 12.8 Å². The number of hydrogen-bond donors (Lipinski definition) is 1. The van der Waals surface area contributed by atoms with Crippen LogP contribution in [0.25, 0.3) is 5.57 Å². The van der Waals surface area contributed by atoms with Crippen molar-refractivity contribution in [3.63, 3.8) is 0 Å². The molecule has 0 bridgehead atoms. The number of fused-ring (bicyclic) bond motifs is 8. The summed E-state index contributed by atoms with van der Waals surface area (Å²) in [6.45, 7) is 0. The fourth-order valence-corrected chi connectivity index (χ4v) is 10.7. The molecule has 1 aromatic rings. The molecule has 2 nitrogen and oxygen atoms in total. The van der Waals surface area contributed by atoms with E-state index in [-0.39, 0.29) is 5.41 Å². The number of nitrogens with zero attached hydrogens (tertiary/aromatic N) is 1. The maximum Gasteiger partial charge on any atom is 0.0450 e. The van der Waals surface area contributed by atoms with Crippen LogP contribution in [0.3, 0.4) is 0 Å². The Labute approximate surface area is 221 Å². The van der Waals surface area contributed by atoms with Crippen molar-refractivity contribution in [3.8, 4) is 0 Å². The third kappa shape index (κ3) is 2.98. The van der Waals surface area contributed by atoms with Gasteiger partial charge in [-0.2, -0.15) is 0 Å². The fourth-order valence-electron chi connectivity index (χ4n) is 7.41. The van der Waals surface area contributed by atoms with Crippen molar-refractivity contribution >= 4 is 35.3 Å². The van der Waals surface area contributed by atoms with Crippen LogP contribution in [-0.2, 0) is 0 Å². The second kappa shape index (κ2) is 8.16. The third-order valence-electron chi connectivity index (χ3n) is 8.92. The second-order valence-electron chi connectivity index (χ2n) is 10.6. The van der Waals surface area contributed by atoms with Crippen molar-refractivity contribution in [2.75, 3.05) is 0 Å². The molecule has 7 aliphatic rings. The number of aliphatic imine (C=N–C) groups is 1. The number of allylic oxidation sites excluding steroid dienone is 13. The minimum Gasteiger partial charge on any atom is -0.361 e. The summed E-state index contributed by atoms with van der Waals surface area (Å²) in [5.74, 6) is 1.38. The van der Waals surface area contributed by atoms with Crippen molar-refractivity contribution in [1.82, 2.24) is 4.98 Å². The van der Waals surface area contributed by atoms with Gasteiger partial charge in [-0.3, -0.25) is 4.99 Å². The van der Waals surface area contributed by atoms with Crippen LogP contribution >= 0.6 is 23.5 Å².